The highest BCUT2D eigenvalue weighted by Crippen LogP contribution is 2.23. The maximum absolute atomic E-state index is 12.7. The first-order chi connectivity index (χ1) is 15.3. The van der Waals surface area contributed by atoms with E-state index in [1.165, 1.54) is 10.9 Å². The number of benzene rings is 1. The van der Waals surface area contributed by atoms with Crippen LogP contribution in [0.15, 0.2) is 35.4 Å². The van der Waals surface area contributed by atoms with Crippen LogP contribution in [0, 0.1) is 11.3 Å². The Kier molecular flexibility index (Phi) is 5.57. The number of carbonyl (C=O) groups excluding carboxylic acids is 1. The van der Waals surface area contributed by atoms with Crippen LogP contribution in [0.1, 0.15) is 31.9 Å². The molecule has 0 spiro atoms. The number of carbonyl (C=O) groups is 1. The van der Waals surface area contributed by atoms with Crippen molar-refractivity contribution in [1.29, 1.82) is 5.26 Å². The number of amides is 1. The summed E-state index contributed by atoms with van der Waals surface area (Å²) in [5.74, 6) is 0.614. The fraction of sp³-hybridized carbons (Fsp3) is 0.409. The molecule has 0 atom stereocenters. The maximum atomic E-state index is 12.7. The average Bonchev–Trinajstić information content (AvgIpc) is 3.08. The Labute approximate surface area is 185 Å². The summed E-state index contributed by atoms with van der Waals surface area (Å²) in [6, 6.07) is 9.32. The van der Waals surface area contributed by atoms with Crippen LogP contribution in [0.2, 0.25) is 0 Å². The molecule has 0 unspecified atom stereocenters. The van der Waals surface area contributed by atoms with Crippen LogP contribution in [0.25, 0.3) is 11.2 Å². The molecule has 0 saturated carbocycles. The number of piperazine rings is 1. The van der Waals surface area contributed by atoms with Crippen LogP contribution in [-0.2, 0) is 11.3 Å². The molecule has 1 aromatic carbocycles. The number of fused-ring (bicyclic) bond motifs is 1. The molecule has 4 rings (SSSR count). The van der Waals surface area contributed by atoms with E-state index in [2.05, 4.69) is 21.0 Å². The van der Waals surface area contributed by atoms with Crippen molar-refractivity contribution in [2.75, 3.05) is 31.1 Å². The number of rotatable bonds is 3. The molecule has 10 heteroatoms. The number of nitriles is 1. The van der Waals surface area contributed by atoms with Crippen molar-refractivity contribution >= 4 is 23.1 Å². The van der Waals surface area contributed by atoms with Gasteiger partial charge in [0.15, 0.2) is 11.5 Å². The van der Waals surface area contributed by atoms with E-state index in [9.17, 15) is 14.9 Å². The molecule has 1 amide bonds. The Hall–Kier alpha value is -3.87. The third-order valence-electron chi connectivity index (χ3n) is 5.24. The van der Waals surface area contributed by atoms with Gasteiger partial charge in [-0.3, -0.25) is 4.57 Å². The number of aromatic nitrogens is 4. The van der Waals surface area contributed by atoms with Crippen LogP contribution in [0.4, 0.5) is 10.6 Å². The predicted molar refractivity (Wildman–Crippen MR) is 118 cm³/mol. The van der Waals surface area contributed by atoms with E-state index >= 15 is 0 Å². The summed E-state index contributed by atoms with van der Waals surface area (Å²) < 4.78 is 6.96. The zero-order valence-corrected chi connectivity index (χ0v) is 18.3. The number of anilines is 1. The van der Waals surface area contributed by atoms with Gasteiger partial charge in [-0.2, -0.15) is 5.26 Å². The van der Waals surface area contributed by atoms with E-state index in [1.807, 2.05) is 37.8 Å². The first-order valence-electron chi connectivity index (χ1n) is 10.4. The Morgan fingerprint density at radius 1 is 1.19 bits per heavy atom. The highest BCUT2D eigenvalue weighted by molar-refractivity contribution is 5.83. The fourth-order valence-electron chi connectivity index (χ4n) is 3.71. The number of nitrogens with zero attached hydrogens (tertiary/aromatic N) is 6. The summed E-state index contributed by atoms with van der Waals surface area (Å²) in [5.41, 5.74) is 1.41. The Bertz CT molecular complexity index is 1240. The zero-order valence-electron chi connectivity index (χ0n) is 18.3. The van der Waals surface area contributed by atoms with Gasteiger partial charge in [-0.05, 0) is 32.4 Å². The summed E-state index contributed by atoms with van der Waals surface area (Å²) in [6.07, 6.45) is 1.10. The molecule has 32 heavy (non-hydrogen) atoms. The molecule has 1 aliphatic heterocycles. The van der Waals surface area contributed by atoms with Gasteiger partial charge < -0.3 is 19.5 Å². The van der Waals surface area contributed by atoms with Crippen LogP contribution in [0.3, 0.4) is 0 Å². The van der Waals surface area contributed by atoms with Crippen LogP contribution < -0.4 is 10.6 Å². The quantitative estimate of drug-likeness (QED) is 0.669. The monoisotopic (exact) mass is 435 g/mol. The summed E-state index contributed by atoms with van der Waals surface area (Å²) in [5, 5.41) is 9.35. The van der Waals surface area contributed by atoms with Gasteiger partial charge in [0.05, 0.1) is 18.2 Å². The van der Waals surface area contributed by atoms with Gasteiger partial charge in [-0.15, -0.1) is 0 Å². The van der Waals surface area contributed by atoms with E-state index in [4.69, 9.17) is 4.74 Å². The van der Waals surface area contributed by atoms with Crippen molar-refractivity contribution in [3.8, 4) is 6.07 Å². The van der Waals surface area contributed by atoms with Crippen LogP contribution in [0.5, 0.6) is 0 Å². The van der Waals surface area contributed by atoms with E-state index in [0.717, 1.165) is 5.56 Å². The maximum Gasteiger partial charge on any atom is 0.410 e. The van der Waals surface area contributed by atoms with E-state index in [-0.39, 0.29) is 18.3 Å². The van der Waals surface area contributed by atoms with Gasteiger partial charge in [0, 0.05) is 26.2 Å². The molecule has 166 valence electrons. The van der Waals surface area contributed by atoms with E-state index in [1.54, 1.807) is 17.0 Å². The fourth-order valence-corrected chi connectivity index (χ4v) is 3.71. The van der Waals surface area contributed by atoms with Gasteiger partial charge in [-0.25, -0.2) is 19.6 Å². The summed E-state index contributed by atoms with van der Waals surface area (Å²) in [6.45, 7) is 7.83. The molecule has 1 N–H and O–H groups in total. The van der Waals surface area contributed by atoms with Crippen molar-refractivity contribution in [2.45, 2.75) is 32.9 Å². The van der Waals surface area contributed by atoms with Gasteiger partial charge in [0.25, 0.3) is 0 Å². The molecule has 3 heterocycles. The molecule has 0 radical (unpaired) electrons. The van der Waals surface area contributed by atoms with Crippen molar-refractivity contribution in [2.24, 2.45) is 0 Å². The second-order valence-corrected chi connectivity index (χ2v) is 8.64. The van der Waals surface area contributed by atoms with Gasteiger partial charge in [0.2, 0.25) is 0 Å². The molecule has 0 aliphatic carbocycles. The predicted octanol–water partition coefficient (Wildman–Crippen LogP) is 2.10. The van der Waals surface area contributed by atoms with Crippen LogP contribution in [-0.4, -0.2) is 62.3 Å². The Balaban J connectivity index is 1.57. The second kappa shape index (κ2) is 8.34. The molecule has 1 saturated heterocycles. The minimum absolute atomic E-state index is 0.228. The molecular weight excluding hydrogens is 410 g/mol. The SMILES string of the molecule is CC(C)(C)OC(=O)N1CCN(c2ncnc3c2[nH]c(=O)n3Cc2ccccc2C#N)CC1. The minimum Gasteiger partial charge on any atom is -0.444 e. The average molecular weight is 435 g/mol. The van der Waals surface area contributed by atoms with Gasteiger partial charge in [-0.1, -0.05) is 18.2 Å². The highest BCUT2D eigenvalue weighted by Gasteiger charge is 2.27. The van der Waals surface area contributed by atoms with E-state index in [0.29, 0.717) is 48.7 Å². The molecule has 2 aromatic heterocycles. The Morgan fingerprint density at radius 3 is 2.59 bits per heavy atom. The van der Waals surface area contributed by atoms with Gasteiger partial charge in [0.1, 0.15) is 17.4 Å². The third-order valence-corrected chi connectivity index (χ3v) is 5.24. The first kappa shape index (κ1) is 21.4. The number of hydrogen-bond acceptors (Lipinski definition) is 7. The van der Waals surface area contributed by atoms with E-state index < -0.39 is 5.60 Å². The topological polar surface area (TPSA) is 120 Å². The second-order valence-electron chi connectivity index (χ2n) is 8.64. The summed E-state index contributed by atoms with van der Waals surface area (Å²) in [7, 11) is 0. The number of nitrogens with one attached hydrogen (secondary N) is 1. The number of imidazole rings is 1. The smallest absolute Gasteiger partial charge is 0.410 e. The normalized spacial score (nSPS) is 14.4. The standard InChI is InChI=1S/C22H25N7O3/c1-22(2,3)32-21(31)28-10-8-27(9-11-28)18-17-19(25-14-24-18)29(20(30)26-17)13-16-7-5-4-6-15(16)12-23/h4-7,14H,8-11,13H2,1-3H3,(H,26,30). The number of H-pyrrole nitrogens is 1. The lowest BCUT2D eigenvalue weighted by atomic mass is 10.1. The lowest BCUT2D eigenvalue weighted by Crippen LogP contribution is -2.50. The third kappa shape index (κ3) is 4.27. The summed E-state index contributed by atoms with van der Waals surface area (Å²) >= 11 is 0. The van der Waals surface area contributed by atoms with Crippen molar-refractivity contribution in [3.63, 3.8) is 0 Å². The molecular formula is C22H25N7O3. The number of hydrogen-bond donors (Lipinski definition) is 1. The largest absolute Gasteiger partial charge is 0.444 e. The van der Waals surface area contributed by atoms with Crippen LogP contribution >= 0.6 is 0 Å². The molecule has 3 aromatic rings. The molecule has 1 aliphatic rings. The highest BCUT2D eigenvalue weighted by atomic mass is 16.6. The van der Waals surface area contributed by atoms with Crippen molar-refractivity contribution in [3.05, 3.63) is 52.2 Å². The van der Waals surface area contributed by atoms with Crippen molar-refractivity contribution < 1.29 is 9.53 Å². The van der Waals surface area contributed by atoms with Crippen molar-refractivity contribution in [1.82, 2.24) is 24.4 Å². The zero-order chi connectivity index (χ0) is 22.9. The lowest BCUT2D eigenvalue weighted by molar-refractivity contribution is 0.0240. The summed E-state index contributed by atoms with van der Waals surface area (Å²) in [4.78, 5) is 40.3. The number of aromatic amines is 1. The molecule has 0 bridgehead atoms. The first-order valence-corrected chi connectivity index (χ1v) is 10.4. The minimum atomic E-state index is -0.542. The Morgan fingerprint density at radius 2 is 1.91 bits per heavy atom. The lowest BCUT2D eigenvalue weighted by Gasteiger charge is -2.36. The molecule has 10 nitrogen and oxygen atoms in total. The molecule has 1 fully saturated rings. The number of ether oxygens (including phenoxy) is 1. The van der Waals surface area contributed by atoms with Gasteiger partial charge >= 0.3 is 11.8 Å².